The topological polar surface area (TPSA) is 61.0 Å². The van der Waals surface area contributed by atoms with Crippen molar-refractivity contribution in [1.29, 1.82) is 0 Å². The molecule has 0 bridgehead atoms. The first kappa shape index (κ1) is 9.40. The van der Waals surface area contributed by atoms with Crippen molar-refractivity contribution in [3.05, 3.63) is 18.0 Å². The van der Waals surface area contributed by atoms with Crippen LogP contribution in [0.5, 0.6) is 0 Å². The molecule has 2 N–H and O–H groups in total. The summed E-state index contributed by atoms with van der Waals surface area (Å²) in [4.78, 5) is 8.07. The third-order valence-corrected chi connectivity index (χ3v) is 2.57. The molecule has 0 atom stereocenters. The molecule has 1 fully saturated rings. The lowest BCUT2D eigenvalue weighted by atomic mass is 9.95. The fourth-order valence-corrected chi connectivity index (χ4v) is 1.77. The van der Waals surface area contributed by atoms with Gasteiger partial charge < -0.3 is 10.5 Å². The van der Waals surface area contributed by atoms with Crippen molar-refractivity contribution in [1.82, 2.24) is 9.97 Å². The van der Waals surface area contributed by atoms with E-state index < -0.39 is 0 Å². The molecule has 0 aliphatic carbocycles. The van der Waals surface area contributed by atoms with Crippen molar-refractivity contribution in [2.45, 2.75) is 19.3 Å². The highest BCUT2D eigenvalue weighted by Crippen LogP contribution is 2.18. The Bertz CT molecular complexity index is 297. The van der Waals surface area contributed by atoms with E-state index in [0.717, 1.165) is 38.2 Å². The Balaban J connectivity index is 1.95. The Morgan fingerprint density at radius 2 is 2.21 bits per heavy atom. The smallest absolute Gasteiger partial charge is 0.220 e. The van der Waals surface area contributed by atoms with Gasteiger partial charge in [0.05, 0.1) is 0 Å². The highest BCUT2D eigenvalue weighted by Gasteiger charge is 2.14. The van der Waals surface area contributed by atoms with Crippen LogP contribution in [0.15, 0.2) is 12.3 Å². The third kappa shape index (κ3) is 2.42. The molecule has 0 saturated carbocycles. The average molecular weight is 193 g/mol. The Hall–Kier alpha value is -1.16. The van der Waals surface area contributed by atoms with Crippen LogP contribution in [0.3, 0.4) is 0 Å². The second-order valence-corrected chi connectivity index (χ2v) is 3.67. The van der Waals surface area contributed by atoms with Crippen molar-refractivity contribution < 1.29 is 4.74 Å². The maximum Gasteiger partial charge on any atom is 0.220 e. The number of nitrogens with two attached hydrogens (primary N) is 1. The molecule has 1 aliphatic heterocycles. The van der Waals surface area contributed by atoms with Gasteiger partial charge in [0.25, 0.3) is 0 Å². The molecule has 76 valence electrons. The summed E-state index contributed by atoms with van der Waals surface area (Å²) in [6, 6.07) is 1.94. The van der Waals surface area contributed by atoms with Crippen LogP contribution in [0.2, 0.25) is 0 Å². The van der Waals surface area contributed by atoms with E-state index >= 15 is 0 Å². The van der Waals surface area contributed by atoms with Gasteiger partial charge in [-0.05, 0) is 31.2 Å². The lowest BCUT2D eigenvalue weighted by molar-refractivity contribution is 0.0663. The number of anilines is 1. The van der Waals surface area contributed by atoms with E-state index in [9.17, 15) is 0 Å². The van der Waals surface area contributed by atoms with Gasteiger partial charge in [0.2, 0.25) is 5.95 Å². The van der Waals surface area contributed by atoms with Gasteiger partial charge in [-0.2, -0.15) is 0 Å². The Morgan fingerprint density at radius 1 is 1.43 bits per heavy atom. The first-order chi connectivity index (χ1) is 6.84. The number of aromatic nitrogens is 2. The molecule has 1 aliphatic rings. The van der Waals surface area contributed by atoms with Gasteiger partial charge in [0, 0.05) is 25.1 Å². The molecule has 0 spiro atoms. The van der Waals surface area contributed by atoms with E-state index in [1.165, 1.54) is 0 Å². The number of nitrogens with zero attached hydrogens (tertiary/aromatic N) is 2. The van der Waals surface area contributed by atoms with Crippen LogP contribution in [-0.2, 0) is 11.2 Å². The second kappa shape index (κ2) is 4.37. The highest BCUT2D eigenvalue weighted by molar-refractivity contribution is 5.17. The molecule has 0 amide bonds. The van der Waals surface area contributed by atoms with Gasteiger partial charge in [-0.15, -0.1) is 0 Å². The molecule has 4 nitrogen and oxygen atoms in total. The maximum atomic E-state index is 5.52. The zero-order valence-corrected chi connectivity index (χ0v) is 8.15. The zero-order chi connectivity index (χ0) is 9.80. The summed E-state index contributed by atoms with van der Waals surface area (Å²) in [6.45, 7) is 1.76. The number of nitrogen functional groups attached to an aromatic ring is 1. The van der Waals surface area contributed by atoms with E-state index in [4.69, 9.17) is 10.5 Å². The number of ether oxygens (including phenoxy) is 1. The Morgan fingerprint density at radius 3 is 2.93 bits per heavy atom. The van der Waals surface area contributed by atoms with Crippen LogP contribution < -0.4 is 5.73 Å². The van der Waals surface area contributed by atoms with E-state index in [1.54, 1.807) is 6.20 Å². The molecule has 0 aromatic carbocycles. The lowest BCUT2D eigenvalue weighted by Gasteiger charge is -2.21. The minimum atomic E-state index is 0.370. The first-order valence-corrected chi connectivity index (χ1v) is 5.00. The fraction of sp³-hybridized carbons (Fsp3) is 0.600. The molecule has 2 rings (SSSR count). The normalized spacial score (nSPS) is 18.3. The van der Waals surface area contributed by atoms with E-state index in [2.05, 4.69) is 9.97 Å². The second-order valence-electron chi connectivity index (χ2n) is 3.67. The van der Waals surface area contributed by atoms with Crippen LogP contribution in [0.4, 0.5) is 5.95 Å². The van der Waals surface area contributed by atoms with Gasteiger partial charge in [-0.1, -0.05) is 0 Å². The molecule has 1 saturated heterocycles. The number of hydrogen-bond acceptors (Lipinski definition) is 4. The van der Waals surface area contributed by atoms with Crippen LogP contribution in [0, 0.1) is 5.92 Å². The largest absolute Gasteiger partial charge is 0.381 e. The minimum Gasteiger partial charge on any atom is -0.381 e. The van der Waals surface area contributed by atoms with Crippen molar-refractivity contribution in [3.8, 4) is 0 Å². The summed E-state index contributed by atoms with van der Waals surface area (Å²) < 4.78 is 5.30. The average Bonchev–Trinajstić information content (AvgIpc) is 2.19. The Labute approximate surface area is 83.5 Å². The van der Waals surface area contributed by atoms with Crippen LogP contribution in [-0.4, -0.2) is 23.2 Å². The molecular formula is C10H15N3O. The van der Waals surface area contributed by atoms with Gasteiger partial charge >= 0.3 is 0 Å². The highest BCUT2D eigenvalue weighted by atomic mass is 16.5. The molecule has 0 unspecified atom stereocenters. The standard InChI is InChI=1S/C10H15N3O/c11-10-12-4-1-9(13-10)7-8-2-5-14-6-3-8/h1,4,8H,2-3,5-7H2,(H2,11,12,13). The van der Waals surface area contributed by atoms with E-state index in [0.29, 0.717) is 11.9 Å². The molecule has 1 aromatic rings. The monoisotopic (exact) mass is 193 g/mol. The lowest BCUT2D eigenvalue weighted by Crippen LogP contribution is -2.18. The molecule has 14 heavy (non-hydrogen) atoms. The SMILES string of the molecule is Nc1nccc(CC2CCOCC2)n1. The summed E-state index contributed by atoms with van der Waals surface area (Å²) in [5, 5.41) is 0. The van der Waals surface area contributed by atoms with Gasteiger partial charge in [-0.25, -0.2) is 9.97 Å². The van der Waals surface area contributed by atoms with Crippen molar-refractivity contribution in [3.63, 3.8) is 0 Å². The predicted molar refractivity (Wildman–Crippen MR) is 53.7 cm³/mol. The molecule has 2 heterocycles. The molecular weight excluding hydrogens is 178 g/mol. The van der Waals surface area contributed by atoms with Crippen LogP contribution >= 0.6 is 0 Å². The summed E-state index contributed by atoms with van der Waals surface area (Å²) in [6.07, 6.45) is 4.97. The minimum absolute atomic E-state index is 0.370. The summed E-state index contributed by atoms with van der Waals surface area (Å²) >= 11 is 0. The van der Waals surface area contributed by atoms with Crippen LogP contribution in [0.1, 0.15) is 18.5 Å². The summed E-state index contributed by atoms with van der Waals surface area (Å²) in [7, 11) is 0. The van der Waals surface area contributed by atoms with Gasteiger partial charge in [-0.3, -0.25) is 0 Å². The quantitative estimate of drug-likeness (QED) is 0.762. The first-order valence-electron chi connectivity index (χ1n) is 5.00. The van der Waals surface area contributed by atoms with Gasteiger partial charge in [0.1, 0.15) is 0 Å². The van der Waals surface area contributed by atoms with Crippen molar-refractivity contribution in [2.24, 2.45) is 5.92 Å². The summed E-state index contributed by atoms with van der Waals surface area (Å²) in [5.41, 5.74) is 6.56. The van der Waals surface area contributed by atoms with E-state index in [-0.39, 0.29) is 0 Å². The Kier molecular flexibility index (Phi) is 2.93. The molecule has 4 heteroatoms. The summed E-state index contributed by atoms with van der Waals surface area (Å²) in [5.74, 6) is 1.06. The maximum absolute atomic E-state index is 5.52. The predicted octanol–water partition coefficient (Wildman–Crippen LogP) is 1.03. The number of hydrogen-bond donors (Lipinski definition) is 1. The van der Waals surface area contributed by atoms with E-state index in [1.807, 2.05) is 6.07 Å². The molecule has 0 radical (unpaired) electrons. The van der Waals surface area contributed by atoms with Gasteiger partial charge in [0.15, 0.2) is 0 Å². The fourth-order valence-electron chi connectivity index (χ4n) is 1.77. The van der Waals surface area contributed by atoms with Crippen molar-refractivity contribution in [2.75, 3.05) is 18.9 Å². The van der Waals surface area contributed by atoms with Crippen molar-refractivity contribution >= 4 is 5.95 Å². The third-order valence-electron chi connectivity index (χ3n) is 2.57. The zero-order valence-electron chi connectivity index (χ0n) is 8.15. The number of rotatable bonds is 2. The van der Waals surface area contributed by atoms with Crippen LogP contribution in [0.25, 0.3) is 0 Å². The molecule has 1 aromatic heterocycles.